The summed E-state index contributed by atoms with van der Waals surface area (Å²) >= 11 is 4.96. The van der Waals surface area contributed by atoms with E-state index in [4.69, 9.17) is 4.98 Å². The molecule has 186 valence electrons. The highest BCUT2D eigenvalue weighted by Crippen LogP contribution is 2.40. The standard InChI is InChI=1S/C25H29N5OS3.ClH/c1-6-7-12-32-16-34-23-20(15-26)19(14-21(28-23)24-27-11-13-33-24)17-9-8-10-18(22(17)29(2)3)25(31)30(4)5;/h8-11,13-14H,6-7,12,16H2,1-5H3;1H. The number of carbonyl (C=O) groups is 1. The monoisotopic (exact) mass is 547 g/mol. The lowest BCUT2D eigenvalue weighted by atomic mass is 9.95. The predicted molar refractivity (Wildman–Crippen MR) is 153 cm³/mol. The first-order valence-electron chi connectivity index (χ1n) is 11.0. The molecule has 0 fully saturated rings. The van der Waals surface area contributed by atoms with Crippen molar-refractivity contribution in [3.63, 3.8) is 0 Å². The second-order valence-electron chi connectivity index (χ2n) is 8.00. The van der Waals surface area contributed by atoms with E-state index in [2.05, 4.69) is 18.0 Å². The zero-order valence-electron chi connectivity index (χ0n) is 20.6. The van der Waals surface area contributed by atoms with E-state index >= 15 is 0 Å². The van der Waals surface area contributed by atoms with Crippen LogP contribution in [0.25, 0.3) is 21.8 Å². The number of aromatic nitrogens is 2. The van der Waals surface area contributed by atoms with Crippen molar-refractivity contribution in [3.05, 3.63) is 47.0 Å². The quantitative estimate of drug-likeness (QED) is 0.162. The lowest BCUT2D eigenvalue weighted by Gasteiger charge is -2.24. The summed E-state index contributed by atoms with van der Waals surface area (Å²) < 4.78 is 0. The fourth-order valence-electron chi connectivity index (χ4n) is 3.47. The number of anilines is 1. The Morgan fingerprint density at radius 2 is 1.97 bits per heavy atom. The highest BCUT2D eigenvalue weighted by Gasteiger charge is 2.23. The van der Waals surface area contributed by atoms with Gasteiger partial charge in [0.05, 0.1) is 16.8 Å². The third-order valence-electron chi connectivity index (χ3n) is 5.08. The van der Waals surface area contributed by atoms with Crippen molar-refractivity contribution in [2.45, 2.75) is 24.8 Å². The molecule has 1 amide bonds. The van der Waals surface area contributed by atoms with Crippen LogP contribution in [-0.4, -0.2) is 59.8 Å². The molecule has 2 aromatic heterocycles. The largest absolute Gasteiger partial charge is 0.377 e. The molecule has 3 rings (SSSR count). The summed E-state index contributed by atoms with van der Waals surface area (Å²) in [5.41, 5.74) is 4.23. The molecule has 0 atom stereocenters. The minimum atomic E-state index is -0.0832. The maximum Gasteiger partial charge on any atom is 0.255 e. The van der Waals surface area contributed by atoms with Crippen LogP contribution in [0.15, 0.2) is 40.9 Å². The Bertz CT molecular complexity index is 1180. The molecule has 2 heterocycles. The van der Waals surface area contributed by atoms with E-state index in [0.29, 0.717) is 16.2 Å². The van der Waals surface area contributed by atoms with E-state index in [-0.39, 0.29) is 18.3 Å². The fourth-order valence-corrected chi connectivity index (χ4v) is 6.27. The SMILES string of the molecule is CCCCSCSc1nc(-c2nccs2)cc(-c2cccc(C(=O)N(C)C)c2N(C)C)c1C#N.Cl. The minimum Gasteiger partial charge on any atom is -0.377 e. The van der Waals surface area contributed by atoms with Gasteiger partial charge in [0.1, 0.15) is 21.8 Å². The van der Waals surface area contributed by atoms with Gasteiger partial charge < -0.3 is 9.80 Å². The molecule has 0 saturated heterocycles. The van der Waals surface area contributed by atoms with Gasteiger partial charge in [-0.1, -0.05) is 37.2 Å². The number of nitrogens with zero attached hydrogens (tertiary/aromatic N) is 5. The number of thiazole rings is 1. The normalized spacial score (nSPS) is 10.4. The number of nitriles is 1. The molecule has 35 heavy (non-hydrogen) atoms. The number of hydrogen-bond acceptors (Lipinski definition) is 8. The number of rotatable bonds is 10. The van der Waals surface area contributed by atoms with E-state index in [9.17, 15) is 10.1 Å². The molecule has 0 aliphatic heterocycles. The Balaban J connectivity index is 0.00000432. The third-order valence-corrected chi connectivity index (χ3v) is 8.16. The molecule has 0 bridgehead atoms. The van der Waals surface area contributed by atoms with Crippen LogP contribution < -0.4 is 4.90 Å². The molecule has 6 nitrogen and oxygen atoms in total. The molecule has 0 aliphatic carbocycles. The highest BCUT2D eigenvalue weighted by molar-refractivity contribution is 8.16. The number of unbranched alkanes of at least 4 members (excludes halogenated alkanes) is 1. The van der Waals surface area contributed by atoms with E-state index in [1.807, 2.05) is 60.4 Å². The number of para-hydroxylation sites is 1. The van der Waals surface area contributed by atoms with Gasteiger partial charge >= 0.3 is 0 Å². The second-order valence-corrected chi connectivity index (χ2v) is 11.3. The Hall–Kier alpha value is -2.25. The summed E-state index contributed by atoms with van der Waals surface area (Å²) in [7, 11) is 7.32. The van der Waals surface area contributed by atoms with Gasteiger partial charge in [0.25, 0.3) is 5.91 Å². The summed E-state index contributed by atoms with van der Waals surface area (Å²) in [4.78, 5) is 25.8. The molecule has 0 aliphatic rings. The van der Waals surface area contributed by atoms with Crippen LogP contribution in [0.4, 0.5) is 5.69 Å². The lowest BCUT2D eigenvalue weighted by molar-refractivity contribution is 0.0828. The smallest absolute Gasteiger partial charge is 0.255 e. The number of amides is 1. The maximum atomic E-state index is 13.0. The van der Waals surface area contributed by atoms with Gasteiger partial charge in [-0.15, -0.1) is 23.7 Å². The topological polar surface area (TPSA) is 73.1 Å². The number of carbonyl (C=O) groups excluding carboxylic acids is 1. The van der Waals surface area contributed by atoms with Crippen LogP contribution in [0.5, 0.6) is 0 Å². The summed E-state index contributed by atoms with van der Waals surface area (Å²) in [6.45, 7) is 2.18. The van der Waals surface area contributed by atoms with E-state index < -0.39 is 0 Å². The first-order chi connectivity index (χ1) is 16.4. The molecule has 0 radical (unpaired) electrons. The summed E-state index contributed by atoms with van der Waals surface area (Å²) in [5.74, 6) is 1.00. The summed E-state index contributed by atoms with van der Waals surface area (Å²) in [5, 5.41) is 14.5. The van der Waals surface area contributed by atoms with Gasteiger partial charge in [-0.05, 0) is 24.3 Å². The van der Waals surface area contributed by atoms with Crippen molar-refractivity contribution in [1.29, 1.82) is 5.26 Å². The molecular formula is C25H30ClN5OS3. The van der Waals surface area contributed by atoms with Crippen molar-refractivity contribution in [1.82, 2.24) is 14.9 Å². The van der Waals surface area contributed by atoms with Gasteiger partial charge in [-0.3, -0.25) is 4.79 Å². The van der Waals surface area contributed by atoms with Crippen molar-refractivity contribution in [2.24, 2.45) is 0 Å². The highest BCUT2D eigenvalue weighted by atomic mass is 35.5. The summed E-state index contributed by atoms with van der Waals surface area (Å²) in [6, 6.07) is 10.00. The van der Waals surface area contributed by atoms with Crippen LogP contribution in [0.1, 0.15) is 35.7 Å². The van der Waals surface area contributed by atoms with E-state index in [0.717, 1.165) is 38.4 Å². The average molecular weight is 548 g/mol. The number of benzene rings is 1. The molecule has 3 aromatic rings. The average Bonchev–Trinajstić information content (AvgIpc) is 3.37. The minimum absolute atomic E-state index is 0. The van der Waals surface area contributed by atoms with Crippen molar-refractivity contribution < 1.29 is 4.79 Å². The van der Waals surface area contributed by atoms with Crippen molar-refractivity contribution in [2.75, 3.05) is 43.9 Å². The van der Waals surface area contributed by atoms with Crippen molar-refractivity contribution >= 4 is 58.9 Å². The molecule has 0 spiro atoms. The zero-order chi connectivity index (χ0) is 24.7. The molecule has 0 N–H and O–H groups in total. The number of hydrogen-bond donors (Lipinski definition) is 0. The van der Waals surface area contributed by atoms with Gasteiger partial charge in [0, 0.05) is 56.0 Å². The van der Waals surface area contributed by atoms with Gasteiger partial charge in [0.15, 0.2) is 0 Å². The van der Waals surface area contributed by atoms with Crippen LogP contribution in [0, 0.1) is 11.3 Å². The van der Waals surface area contributed by atoms with Gasteiger partial charge in [-0.25, -0.2) is 9.97 Å². The molecular weight excluding hydrogens is 518 g/mol. The third kappa shape index (κ3) is 6.91. The van der Waals surface area contributed by atoms with Gasteiger partial charge in [-0.2, -0.15) is 17.0 Å². The second kappa shape index (κ2) is 13.7. The first-order valence-corrected chi connectivity index (χ1v) is 14.0. The van der Waals surface area contributed by atoms with E-state index in [1.165, 1.54) is 24.2 Å². The summed E-state index contributed by atoms with van der Waals surface area (Å²) in [6.07, 6.45) is 4.10. The molecule has 0 unspecified atom stereocenters. The van der Waals surface area contributed by atoms with Crippen LogP contribution in [-0.2, 0) is 0 Å². The van der Waals surface area contributed by atoms with Crippen LogP contribution in [0.2, 0.25) is 0 Å². The Labute approximate surface area is 226 Å². The van der Waals surface area contributed by atoms with Crippen LogP contribution in [0.3, 0.4) is 0 Å². The lowest BCUT2D eigenvalue weighted by Crippen LogP contribution is -2.25. The first kappa shape index (κ1) is 29.0. The number of pyridine rings is 1. The molecule has 1 aromatic carbocycles. The van der Waals surface area contributed by atoms with Crippen molar-refractivity contribution in [3.8, 4) is 27.9 Å². The predicted octanol–water partition coefficient (Wildman–Crippen LogP) is 6.52. The Morgan fingerprint density at radius 1 is 1.20 bits per heavy atom. The molecule has 0 saturated carbocycles. The van der Waals surface area contributed by atoms with E-state index in [1.54, 1.807) is 37.0 Å². The number of halogens is 1. The fraction of sp³-hybridized carbons (Fsp3) is 0.360. The Morgan fingerprint density at radius 3 is 2.57 bits per heavy atom. The van der Waals surface area contributed by atoms with Gasteiger partial charge in [0.2, 0.25) is 0 Å². The zero-order valence-corrected chi connectivity index (χ0v) is 23.8. The van der Waals surface area contributed by atoms with Crippen LogP contribution >= 0.6 is 47.3 Å². The molecule has 10 heteroatoms. The Kier molecular flexibility index (Phi) is 11.4. The number of thioether (sulfide) groups is 2. The maximum absolute atomic E-state index is 13.0.